The van der Waals surface area contributed by atoms with Gasteiger partial charge in [0.2, 0.25) is 0 Å². The van der Waals surface area contributed by atoms with Gasteiger partial charge in [0.1, 0.15) is 11.6 Å². The Labute approximate surface area is 119 Å². The molecule has 0 fully saturated rings. The fourth-order valence-electron chi connectivity index (χ4n) is 2.01. The number of pyridine rings is 1. The van der Waals surface area contributed by atoms with Crippen molar-refractivity contribution in [3.63, 3.8) is 0 Å². The van der Waals surface area contributed by atoms with E-state index in [4.69, 9.17) is 16.3 Å². The number of hydrogen-bond acceptors (Lipinski definition) is 3. The van der Waals surface area contributed by atoms with Crippen molar-refractivity contribution in [3.05, 3.63) is 35.0 Å². The predicted octanol–water partition coefficient (Wildman–Crippen LogP) is 3.53. The molecule has 0 aliphatic rings. The molecule has 0 N–H and O–H groups in total. The second-order valence-corrected chi connectivity index (χ2v) is 4.50. The number of nitrogens with zero attached hydrogens (tertiary/aromatic N) is 1. The van der Waals surface area contributed by atoms with Crippen LogP contribution in [-0.4, -0.2) is 16.8 Å². The van der Waals surface area contributed by atoms with Crippen LogP contribution in [-0.2, 0) is 11.2 Å². The van der Waals surface area contributed by atoms with Gasteiger partial charge in [-0.2, -0.15) is 0 Å². The summed E-state index contributed by atoms with van der Waals surface area (Å²) in [5.74, 6) is -3.23. The number of benzene rings is 1. The SMILES string of the molecule is CCc1nc2ccc(F)c(F)c2c(OC(=O)CCl)c1C. The summed E-state index contributed by atoms with van der Waals surface area (Å²) >= 11 is 5.39. The van der Waals surface area contributed by atoms with Crippen molar-refractivity contribution in [3.8, 4) is 5.75 Å². The van der Waals surface area contributed by atoms with Crippen molar-refractivity contribution in [1.29, 1.82) is 0 Å². The van der Waals surface area contributed by atoms with E-state index in [1.54, 1.807) is 6.92 Å². The van der Waals surface area contributed by atoms with Gasteiger partial charge in [-0.3, -0.25) is 9.78 Å². The first-order valence-corrected chi connectivity index (χ1v) is 6.56. The molecular weight excluding hydrogens is 288 g/mol. The normalized spacial score (nSPS) is 10.8. The molecular formula is C14H12ClF2NO2. The molecule has 0 atom stereocenters. The molecule has 0 saturated carbocycles. The number of ether oxygens (including phenoxy) is 1. The monoisotopic (exact) mass is 299 g/mol. The standard InChI is InChI=1S/C14H12ClF2NO2/c1-3-9-7(2)14(20-11(19)6-15)12-10(18-9)5-4-8(16)13(12)17/h4-5H,3,6H2,1-2H3. The number of alkyl halides is 1. The Bertz CT molecular complexity index is 689. The Morgan fingerprint density at radius 2 is 2.10 bits per heavy atom. The minimum atomic E-state index is -1.09. The van der Waals surface area contributed by atoms with Crippen LogP contribution in [0.25, 0.3) is 10.9 Å². The molecule has 0 amide bonds. The summed E-state index contributed by atoms with van der Waals surface area (Å²) in [6.45, 7) is 3.51. The second kappa shape index (κ2) is 5.71. The number of aryl methyl sites for hydroxylation is 1. The zero-order chi connectivity index (χ0) is 14.9. The van der Waals surface area contributed by atoms with Crippen LogP contribution in [0.3, 0.4) is 0 Å². The zero-order valence-electron chi connectivity index (χ0n) is 11.0. The van der Waals surface area contributed by atoms with Crippen LogP contribution in [0.2, 0.25) is 0 Å². The quantitative estimate of drug-likeness (QED) is 0.643. The van der Waals surface area contributed by atoms with E-state index in [-0.39, 0.29) is 22.5 Å². The lowest BCUT2D eigenvalue weighted by atomic mass is 10.1. The van der Waals surface area contributed by atoms with Crippen LogP contribution in [0.1, 0.15) is 18.2 Å². The van der Waals surface area contributed by atoms with E-state index in [0.29, 0.717) is 17.7 Å². The molecule has 106 valence electrons. The van der Waals surface area contributed by atoms with E-state index >= 15 is 0 Å². The maximum absolute atomic E-state index is 14.0. The van der Waals surface area contributed by atoms with E-state index in [1.165, 1.54) is 6.07 Å². The number of fused-ring (bicyclic) bond motifs is 1. The third kappa shape index (κ3) is 2.45. The Balaban J connectivity index is 2.81. The number of aromatic nitrogens is 1. The molecule has 0 radical (unpaired) electrons. The zero-order valence-corrected chi connectivity index (χ0v) is 11.7. The van der Waals surface area contributed by atoms with Gasteiger partial charge in [0, 0.05) is 11.3 Å². The van der Waals surface area contributed by atoms with Gasteiger partial charge in [-0.1, -0.05) is 6.92 Å². The number of hydrogen-bond donors (Lipinski definition) is 0. The highest BCUT2D eigenvalue weighted by molar-refractivity contribution is 6.26. The molecule has 1 aromatic heterocycles. The summed E-state index contributed by atoms with van der Waals surface area (Å²) in [4.78, 5) is 15.6. The molecule has 1 aromatic carbocycles. The Morgan fingerprint density at radius 1 is 1.40 bits per heavy atom. The maximum atomic E-state index is 14.0. The van der Waals surface area contributed by atoms with Crippen LogP contribution in [0, 0.1) is 18.6 Å². The fourth-order valence-corrected chi connectivity index (χ4v) is 2.06. The average molecular weight is 300 g/mol. The van der Waals surface area contributed by atoms with Crippen LogP contribution >= 0.6 is 11.6 Å². The molecule has 2 aromatic rings. The molecule has 6 heteroatoms. The first-order chi connectivity index (χ1) is 9.49. The van der Waals surface area contributed by atoms with Crippen LogP contribution < -0.4 is 4.74 Å². The lowest BCUT2D eigenvalue weighted by Gasteiger charge is -2.13. The smallest absolute Gasteiger partial charge is 0.326 e. The fraction of sp³-hybridized carbons (Fsp3) is 0.286. The predicted molar refractivity (Wildman–Crippen MR) is 72.1 cm³/mol. The largest absolute Gasteiger partial charge is 0.424 e. The summed E-state index contributed by atoms with van der Waals surface area (Å²) < 4.78 is 32.5. The van der Waals surface area contributed by atoms with Gasteiger partial charge < -0.3 is 4.74 Å². The van der Waals surface area contributed by atoms with Crippen molar-refractivity contribution in [2.24, 2.45) is 0 Å². The van der Waals surface area contributed by atoms with Crippen molar-refractivity contribution in [1.82, 2.24) is 4.98 Å². The Hall–Kier alpha value is -1.75. The van der Waals surface area contributed by atoms with Crippen molar-refractivity contribution < 1.29 is 18.3 Å². The molecule has 2 rings (SSSR count). The molecule has 20 heavy (non-hydrogen) atoms. The lowest BCUT2D eigenvalue weighted by molar-refractivity contribution is -0.131. The third-order valence-corrected chi connectivity index (χ3v) is 3.21. The lowest BCUT2D eigenvalue weighted by Crippen LogP contribution is -2.12. The molecule has 0 aliphatic heterocycles. The van der Waals surface area contributed by atoms with E-state index in [2.05, 4.69) is 4.98 Å². The van der Waals surface area contributed by atoms with Crippen molar-refractivity contribution >= 4 is 28.5 Å². The highest BCUT2D eigenvalue weighted by Crippen LogP contribution is 2.33. The Morgan fingerprint density at radius 3 is 2.70 bits per heavy atom. The number of rotatable bonds is 3. The summed E-state index contributed by atoms with van der Waals surface area (Å²) in [6.07, 6.45) is 0.576. The molecule has 0 unspecified atom stereocenters. The van der Waals surface area contributed by atoms with Crippen LogP contribution in [0.5, 0.6) is 5.75 Å². The van der Waals surface area contributed by atoms with Gasteiger partial charge in [-0.05, 0) is 25.5 Å². The summed E-state index contributed by atoms with van der Waals surface area (Å²) in [5, 5.41) is -0.141. The van der Waals surface area contributed by atoms with Crippen LogP contribution in [0.15, 0.2) is 12.1 Å². The van der Waals surface area contributed by atoms with Gasteiger partial charge >= 0.3 is 5.97 Å². The molecule has 1 heterocycles. The van der Waals surface area contributed by atoms with Gasteiger partial charge in [0.05, 0.1) is 10.9 Å². The first-order valence-electron chi connectivity index (χ1n) is 6.03. The van der Waals surface area contributed by atoms with Crippen molar-refractivity contribution in [2.45, 2.75) is 20.3 Å². The van der Waals surface area contributed by atoms with Crippen LogP contribution in [0.4, 0.5) is 8.78 Å². The van der Waals surface area contributed by atoms with Gasteiger partial charge in [0.15, 0.2) is 11.6 Å². The Kier molecular flexibility index (Phi) is 4.18. The van der Waals surface area contributed by atoms with Gasteiger partial charge in [-0.15, -0.1) is 11.6 Å². The summed E-state index contributed by atoms with van der Waals surface area (Å²) in [7, 11) is 0. The van der Waals surface area contributed by atoms with E-state index in [1.807, 2.05) is 6.92 Å². The average Bonchev–Trinajstić information content (AvgIpc) is 2.45. The van der Waals surface area contributed by atoms with Gasteiger partial charge in [-0.25, -0.2) is 8.78 Å². The first kappa shape index (κ1) is 14.7. The number of carbonyl (C=O) groups excluding carboxylic acids is 1. The highest BCUT2D eigenvalue weighted by atomic mass is 35.5. The third-order valence-electron chi connectivity index (χ3n) is 2.99. The number of carbonyl (C=O) groups is 1. The second-order valence-electron chi connectivity index (χ2n) is 4.23. The number of halogens is 3. The number of esters is 1. The summed E-state index contributed by atoms with van der Waals surface area (Å²) in [5.41, 5.74) is 1.40. The molecule has 0 saturated heterocycles. The van der Waals surface area contributed by atoms with E-state index in [9.17, 15) is 13.6 Å². The minimum absolute atomic E-state index is 0.0190. The highest BCUT2D eigenvalue weighted by Gasteiger charge is 2.20. The summed E-state index contributed by atoms with van der Waals surface area (Å²) in [6, 6.07) is 2.34. The minimum Gasteiger partial charge on any atom is -0.424 e. The van der Waals surface area contributed by atoms with Gasteiger partial charge in [0.25, 0.3) is 0 Å². The molecule has 0 spiro atoms. The topological polar surface area (TPSA) is 39.2 Å². The molecule has 0 bridgehead atoms. The van der Waals surface area contributed by atoms with E-state index < -0.39 is 17.6 Å². The molecule has 3 nitrogen and oxygen atoms in total. The van der Waals surface area contributed by atoms with E-state index in [0.717, 1.165) is 6.07 Å². The molecule has 0 aliphatic carbocycles. The van der Waals surface area contributed by atoms with Crippen molar-refractivity contribution in [2.75, 3.05) is 5.88 Å². The maximum Gasteiger partial charge on any atom is 0.326 e.